The van der Waals surface area contributed by atoms with Gasteiger partial charge < -0.3 is 15.7 Å². The molecule has 1 aromatic carbocycles. The summed E-state index contributed by atoms with van der Waals surface area (Å²) in [5, 5.41) is 15.1. The molecule has 1 fully saturated rings. The summed E-state index contributed by atoms with van der Waals surface area (Å²) in [7, 11) is 3.67. The van der Waals surface area contributed by atoms with Gasteiger partial charge in [0, 0.05) is 38.5 Å². The van der Waals surface area contributed by atoms with Crippen LogP contribution in [0, 0.1) is 0 Å². The van der Waals surface area contributed by atoms with Gasteiger partial charge in [-0.3, -0.25) is 14.5 Å². The minimum Gasteiger partial charge on any atom is -0.508 e. The molecule has 1 heterocycles. The molecule has 0 unspecified atom stereocenters. The second-order valence-electron chi connectivity index (χ2n) is 6.40. The van der Waals surface area contributed by atoms with Crippen LogP contribution < -0.4 is 10.6 Å². The number of nitrogens with one attached hydrogen (secondary N) is 2. The molecule has 2 atom stereocenters. The lowest BCUT2D eigenvalue weighted by Gasteiger charge is -2.25. The first-order chi connectivity index (χ1) is 11.5. The van der Waals surface area contributed by atoms with Crippen molar-refractivity contribution in [1.82, 2.24) is 15.5 Å². The average Bonchev–Trinajstić information content (AvgIpc) is 2.91. The number of phenolic OH excluding ortho intramolecular Hbond substituents is 1. The first-order valence-corrected chi connectivity index (χ1v) is 8.46. The van der Waals surface area contributed by atoms with Crippen molar-refractivity contribution in [1.29, 1.82) is 0 Å². The summed E-state index contributed by atoms with van der Waals surface area (Å²) in [4.78, 5) is 25.7. The number of nitrogens with zero attached hydrogens (tertiary/aromatic N) is 1. The van der Waals surface area contributed by atoms with Gasteiger partial charge in [-0.05, 0) is 44.0 Å². The van der Waals surface area contributed by atoms with E-state index in [0.29, 0.717) is 25.8 Å². The number of aromatic hydroxyl groups is 1. The van der Waals surface area contributed by atoms with Crippen molar-refractivity contribution < 1.29 is 14.7 Å². The van der Waals surface area contributed by atoms with Gasteiger partial charge in [0.15, 0.2) is 0 Å². The van der Waals surface area contributed by atoms with Crippen molar-refractivity contribution in [2.45, 2.75) is 44.2 Å². The molecule has 0 spiro atoms. The molecule has 132 valence electrons. The smallest absolute Gasteiger partial charge is 0.221 e. The number of aryl methyl sites for hydroxylation is 1. The van der Waals surface area contributed by atoms with E-state index in [-0.39, 0.29) is 29.6 Å². The molecule has 2 rings (SSSR count). The molecule has 0 radical (unpaired) electrons. The summed E-state index contributed by atoms with van der Waals surface area (Å²) >= 11 is 0. The van der Waals surface area contributed by atoms with Crippen molar-refractivity contribution in [3.63, 3.8) is 0 Å². The Bertz CT molecular complexity index is 576. The minimum absolute atomic E-state index is 0.0153. The molecule has 1 aliphatic heterocycles. The second kappa shape index (κ2) is 8.68. The van der Waals surface area contributed by atoms with Crippen LogP contribution in [0.15, 0.2) is 24.3 Å². The van der Waals surface area contributed by atoms with Gasteiger partial charge in [-0.15, -0.1) is 0 Å². The van der Waals surface area contributed by atoms with Crippen LogP contribution >= 0.6 is 0 Å². The Kier molecular flexibility index (Phi) is 6.61. The van der Waals surface area contributed by atoms with E-state index < -0.39 is 0 Å². The lowest BCUT2D eigenvalue weighted by atomic mass is 10.1. The van der Waals surface area contributed by atoms with E-state index in [0.717, 1.165) is 18.4 Å². The Labute approximate surface area is 143 Å². The summed E-state index contributed by atoms with van der Waals surface area (Å²) in [6, 6.07) is 7.52. The molecule has 0 aliphatic carbocycles. The standard InChI is InChI=1S/C18H27N3O3/c1-19-18(24)11-14-7-8-15(21(14)2)12-20-17(23)9-6-13-4-3-5-16(22)10-13/h3-5,10,14-15,22H,6-9,11-12H2,1-2H3,(H,19,24)(H,20,23)/t14-,15+/m1/s1. The normalized spacial score (nSPS) is 20.8. The van der Waals surface area contributed by atoms with Crippen molar-refractivity contribution in [3.8, 4) is 5.75 Å². The molecule has 0 saturated carbocycles. The molecule has 3 N–H and O–H groups in total. The average molecular weight is 333 g/mol. The summed E-state index contributed by atoms with van der Waals surface area (Å²) in [6.45, 7) is 0.611. The fourth-order valence-corrected chi connectivity index (χ4v) is 3.19. The summed E-state index contributed by atoms with van der Waals surface area (Å²) < 4.78 is 0. The number of carbonyl (C=O) groups is 2. The van der Waals surface area contributed by atoms with E-state index in [2.05, 4.69) is 15.5 Å². The molecule has 24 heavy (non-hydrogen) atoms. The van der Waals surface area contributed by atoms with Crippen LogP contribution in [0.3, 0.4) is 0 Å². The predicted octanol–water partition coefficient (Wildman–Crippen LogP) is 1.04. The van der Waals surface area contributed by atoms with Crippen molar-refractivity contribution in [2.24, 2.45) is 0 Å². The maximum atomic E-state index is 12.0. The van der Waals surface area contributed by atoms with E-state index in [9.17, 15) is 14.7 Å². The van der Waals surface area contributed by atoms with Crippen LogP contribution in [-0.4, -0.2) is 54.5 Å². The highest BCUT2D eigenvalue weighted by molar-refractivity contribution is 5.76. The van der Waals surface area contributed by atoms with Gasteiger partial charge in [-0.25, -0.2) is 0 Å². The molecule has 6 nitrogen and oxygen atoms in total. The van der Waals surface area contributed by atoms with Gasteiger partial charge in [0.05, 0.1) is 0 Å². The number of carbonyl (C=O) groups excluding carboxylic acids is 2. The quantitative estimate of drug-likeness (QED) is 0.696. The predicted molar refractivity (Wildman–Crippen MR) is 92.7 cm³/mol. The number of likely N-dealkylation sites (tertiary alicyclic amines) is 1. The maximum absolute atomic E-state index is 12.0. The molecule has 1 aromatic rings. The van der Waals surface area contributed by atoms with Crippen LogP contribution in [-0.2, 0) is 16.0 Å². The Hall–Kier alpha value is -2.08. The molecular weight excluding hydrogens is 306 g/mol. The van der Waals surface area contributed by atoms with E-state index in [1.165, 1.54) is 0 Å². The largest absolute Gasteiger partial charge is 0.508 e. The first kappa shape index (κ1) is 18.3. The summed E-state index contributed by atoms with van der Waals surface area (Å²) in [5.41, 5.74) is 0.953. The zero-order chi connectivity index (χ0) is 17.5. The van der Waals surface area contributed by atoms with Crippen LogP contribution in [0.25, 0.3) is 0 Å². The lowest BCUT2D eigenvalue weighted by molar-refractivity contribution is -0.122. The molecule has 6 heteroatoms. The zero-order valence-corrected chi connectivity index (χ0v) is 14.4. The molecule has 0 bridgehead atoms. The van der Waals surface area contributed by atoms with Gasteiger partial charge in [0.1, 0.15) is 5.75 Å². The van der Waals surface area contributed by atoms with Gasteiger partial charge in [-0.1, -0.05) is 12.1 Å². The third-order valence-electron chi connectivity index (χ3n) is 4.77. The fourth-order valence-electron chi connectivity index (χ4n) is 3.19. The van der Waals surface area contributed by atoms with Crippen LogP contribution in [0.2, 0.25) is 0 Å². The van der Waals surface area contributed by atoms with E-state index in [1.54, 1.807) is 25.2 Å². The Morgan fingerprint density at radius 1 is 1.25 bits per heavy atom. The van der Waals surface area contributed by atoms with Gasteiger partial charge in [0.25, 0.3) is 0 Å². The number of benzene rings is 1. The van der Waals surface area contributed by atoms with Gasteiger partial charge in [0.2, 0.25) is 11.8 Å². The van der Waals surface area contributed by atoms with E-state index in [1.807, 2.05) is 13.1 Å². The molecule has 1 saturated heterocycles. The van der Waals surface area contributed by atoms with Gasteiger partial charge in [-0.2, -0.15) is 0 Å². The van der Waals surface area contributed by atoms with Crippen LogP contribution in [0.5, 0.6) is 5.75 Å². The highest BCUT2D eigenvalue weighted by Crippen LogP contribution is 2.24. The van der Waals surface area contributed by atoms with Gasteiger partial charge >= 0.3 is 0 Å². The SMILES string of the molecule is CNC(=O)C[C@H]1CC[C@@H](CNC(=O)CCc2cccc(O)c2)N1C. The topological polar surface area (TPSA) is 81.7 Å². The summed E-state index contributed by atoms with van der Waals surface area (Å²) in [5.74, 6) is 0.298. The van der Waals surface area contributed by atoms with E-state index in [4.69, 9.17) is 0 Å². The highest BCUT2D eigenvalue weighted by Gasteiger charge is 2.31. The Morgan fingerprint density at radius 2 is 2.00 bits per heavy atom. The zero-order valence-electron chi connectivity index (χ0n) is 14.4. The number of phenols is 1. The number of rotatable bonds is 7. The van der Waals surface area contributed by atoms with Crippen LogP contribution in [0.4, 0.5) is 0 Å². The molecule has 1 aliphatic rings. The number of hydrogen-bond donors (Lipinski definition) is 3. The van der Waals surface area contributed by atoms with Crippen LogP contribution in [0.1, 0.15) is 31.2 Å². The number of amides is 2. The molecule has 2 amide bonds. The van der Waals surface area contributed by atoms with Crippen molar-refractivity contribution >= 4 is 11.8 Å². The number of hydrogen-bond acceptors (Lipinski definition) is 4. The van der Waals surface area contributed by atoms with E-state index >= 15 is 0 Å². The van der Waals surface area contributed by atoms with Crippen molar-refractivity contribution in [3.05, 3.63) is 29.8 Å². The third-order valence-corrected chi connectivity index (χ3v) is 4.77. The Balaban J connectivity index is 1.71. The molecule has 0 aromatic heterocycles. The first-order valence-electron chi connectivity index (χ1n) is 8.46. The fraction of sp³-hybridized carbons (Fsp3) is 0.556. The third kappa shape index (κ3) is 5.23. The lowest BCUT2D eigenvalue weighted by Crippen LogP contribution is -2.42. The monoisotopic (exact) mass is 333 g/mol. The number of likely N-dealkylation sites (N-methyl/N-ethyl adjacent to an activating group) is 1. The summed E-state index contributed by atoms with van der Waals surface area (Å²) in [6.07, 6.45) is 3.50. The Morgan fingerprint density at radius 3 is 2.71 bits per heavy atom. The highest BCUT2D eigenvalue weighted by atomic mass is 16.3. The maximum Gasteiger partial charge on any atom is 0.221 e. The minimum atomic E-state index is 0.0153. The van der Waals surface area contributed by atoms with Crippen molar-refractivity contribution in [2.75, 3.05) is 20.6 Å². The molecular formula is C18H27N3O3. The second-order valence-corrected chi connectivity index (χ2v) is 6.40.